The van der Waals surface area contributed by atoms with Crippen LogP contribution in [-0.2, 0) is 6.54 Å². The zero-order valence-electron chi connectivity index (χ0n) is 11.1. The van der Waals surface area contributed by atoms with E-state index in [-0.39, 0.29) is 12.4 Å². The summed E-state index contributed by atoms with van der Waals surface area (Å²) in [6, 6.07) is 4.20. The molecule has 0 amide bonds. The van der Waals surface area contributed by atoms with Crippen LogP contribution in [0.4, 0.5) is 0 Å². The van der Waals surface area contributed by atoms with E-state index in [1.54, 1.807) is 13.2 Å². The zero-order valence-corrected chi connectivity index (χ0v) is 13.4. The Kier molecular flexibility index (Phi) is 6.71. The van der Waals surface area contributed by atoms with E-state index in [1.807, 2.05) is 6.07 Å². The van der Waals surface area contributed by atoms with Crippen LogP contribution in [0, 0.1) is 0 Å². The summed E-state index contributed by atoms with van der Waals surface area (Å²) in [5.41, 5.74) is 1.05. The molecule has 1 aromatic rings. The standard InChI is InChI=1S/C13H18Cl2N2O.ClH/c1-9-7-17(4-3-16-9)8-10-5-12(15)13(18-2)6-11(10)14;/h5-6,9,16H,3-4,7-8H2,1-2H3;1H. The van der Waals surface area contributed by atoms with E-state index in [2.05, 4.69) is 17.1 Å². The van der Waals surface area contributed by atoms with Crippen LogP contribution in [0.15, 0.2) is 12.1 Å². The maximum absolute atomic E-state index is 6.25. The molecule has 0 radical (unpaired) electrons. The highest BCUT2D eigenvalue weighted by atomic mass is 35.5. The number of methoxy groups -OCH3 is 1. The van der Waals surface area contributed by atoms with Crippen LogP contribution in [-0.4, -0.2) is 37.7 Å². The quantitative estimate of drug-likeness (QED) is 0.923. The third kappa shape index (κ3) is 4.40. The Labute approximate surface area is 130 Å². The summed E-state index contributed by atoms with van der Waals surface area (Å²) >= 11 is 12.4. The van der Waals surface area contributed by atoms with Crippen molar-refractivity contribution in [1.82, 2.24) is 10.2 Å². The number of ether oxygens (including phenoxy) is 1. The van der Waals surface area contributed by atoms with Crippen molar-refractivity contribution in [3.05, 3.63) is 27.7 Å². The van der Waals surface area contributed by atoms with Crippen LogP contribution in [0.1, 0.15) is 12.5 Å². The van der Waals surface area contributed by atoms with Crippen molar-refractivity contribution in [1.29, 1.82) is 0 Å². The fourth-order valence-electron chi connectivity index (χ4n) is 2.24. The van der Waals surface area contributed by atoms with Gasteiger partial charge >= 0.3 is 0 Å². The fraction of sp³-hybridized carbons (Fsp3) is 0.538. The first-order valence-corrected chi connectivity index (χ1v) is 6.83. The molecule has 1 heterocycles. The van der Waals surface area contributed by atoms with Crippen molar-refractivity contribution in [2.75, 3.05) is 26.7 Å². The van der Waals surface area contributed by atoms with Gasteiger partial charge in [0, 0.05) is 43.3 Å². The molecule has 1 aliphatic heterocycles. The SMILES string of the molecule is COc1cc(Cl)c(CN2CCNC(C)C2)cc1Cl.Cl. The van der Waals surface area contributed by atoms with Crippen LogP contribution >= 0.6 is 35.6 Å². The van der Waals surface area contributed by atoms with E-state index in [1.165, 1.54) is 0 Å². The van der Waals surface area contributed by atoms with E-state index in [0.29, 0.717) is 21.8 Å². The van der Waals surface area contributed by atoms with Gasteiger partial charge in [0.1, 0.15) is 5.75 Å². The van der Waals surface area contributed by atoms with E-state index >= 15 is 0 Å². The van der Waals surface area contributed by atoms with Crippen molar-refractivity contribution in [3.8, 4) is 5.75 Å². The summed E-state index contributed by atoms with van der Waals surface area (Å²) < 4.78 is 5.15. The van der Waals surface area contributed by atoms with E-state index in [9.17, 15) is 0 Å². The van der Waals surface area contributed by atoms with Crippen molar-refractivity contribution in [2.45, 2.75) is 19.5 Å². The molecule has 0 bridgehead atoms. The highest BCUT2D eigenvalue weighted by Gasteiger charge is 2.17. The van der Waals surface area contributed by atoms with Gasteiger partial charge in [-0.05, 0) is 18.6 Å². The molecule has 1 N–H and O–H groups in total. The second-order valence-corrected chi connectivity index (χ2v) is 5.48. The van der Waals surface area contributed by atoms with Crippen LogP contribution in [0.5, 0.6) is 5.75 Å². The maximum Gasteiger partial charge on any atom is 0.138 e. The summed E-state index contributed by atoms with van der Waals surface area (Å²) in [7, 11) is 1.59. The summed E-state index contributed by atoms with van der Waals surface area (Å²) in [5, 5.41) is 4.74. The van der Waals surface area contributed by atoms with Gasteiger partial charge in [-0.3, -0.25) is 4.90 Å². The van der Waals surface area contributed by atoms with Gasteiger partial charge in [-0.15, -0.1) is 12.4 Å². The molecule has 1 aliphatic rings. The lowest BCUT2D eigenvalue weighted by Gasteiger charge is -2.32. The van der Waals surface area contributed by atoms with Gasteiger partial charge in [0.15, 0.2) is 0 Å². The number of hydrogen-bond acceptors (Lipinski definition) is 3. The van der Waals surface area contributed by atoms with Gasteiger partial charge in [0.05, 0.1) is 12.1 Å². The molecule has 19 heavy (non-hydrogen) atoms. The van der Waals surface area contributed by atoms with Gasteiger partial charge in [-0.1, -0.05) is 23.2 Å². The Morgan fingerprint density at radius 2 is 2.11 bits per heavy atom. The first-order valence-electron chi connectivity index (χ1n) is 6.08. The van der Waals surface area contributed by atoms with Gasteiger partial charge in [0.2, 0.25) is 0 Å². The molecule has 0 aromatic heterocycles. The number of nitrogens with one attached hydrogen (secondary N) is 1. The van der Waals surface area contributed by atoms with Crippen molar-refractivity contribution < 1.29 is 4.74 Å². The molecule has 0 aliphatic carbocycles. The van der Waals surface area contributed by atoms with Gasteiger partial charge in [-0.2, -0.15) is 0 Å². The first-order chi connectivity index (χ1) is 8.60. The van der Waals surface area contributed by atoms with Crippen molar-refractivity contribution in [3.63, 3.8) is 0 Å². The number of benzene rings is 1. The summed E-state index contributed by atoms with van der Waals surface area (Å²) in [5.74, 6) is 0.624. The highest BCUT2D eigenvalue weighted by Crippen LogP contribution is 2.31. The molecule has 1 unspecified atom stereocenters. The lowest BCUT2D eigenvalue weighted by molar-refractivity contribution is 0.199. The fourth-order valence-corrected chi connectivity index (χ4v) is 2.72. The average molecular weight is 326 g/mol. The highest BCUT2D eigenvalue weighted by molar-refractivity contribution is 6.34. The topological polar surface area (TPSA) is 24.5 Å². The summed E-state index contributed by atoms with van der Waals surface area (Å²) in [4.78, 5) is 2.38. The number of nitrogens with zero attached hydrogens (tertiary/aromatic N) is 1. The average Bonchev–Trinajstić information content (AvgIpc) is 2.33. The second-order valence-electron chi connectivity index (χ2n) is 4.67. The molecular formula is C13H19Cl3N2O. The maximum atomic E-state index is 6.25. The minimum absolute atomic E-state index is 0. The minimum Gasteiger partial charge on any atom is -0.495 e. The van der Waals surface area contributed by atoms with Crippen LogP contribution in [0.3, 0.4) is 0 Å². The number of halogens is 3. The van der Waals surface area contributed by atoms with E-state index in [0.717, 1.165) is 31.7 Å². The minimum atomic E-state index is 0. The van der Waals surface area contributed by atoms with E-state index in [4.69, 9.17) is 27.9 Å². The zero-order chi connectivity index (χ0) is 13.1. The second kappa shape index (κ2) is 7.55. The number of piperazine rings is 1. The van der Waals surface area contributed by atoms with Gasteiger partial charge in [-0.25, -0.2) is 0 Å². The molecule has 2 rings (SSSR count). The molecule has 6 heteroatoms. The Morgan fingerprint density at radius 1 is 1.37 bits per heavy atom. The Morgan fingerprint density at radius 3 is 2.74 bits per heavy atom. The normalized spacial score (nSPS) is 19.9. The molecule has 0 spiro atoms. The third-order valence-electron chi connectivity index (χ3n) is 3.17. The molecular weight excluding hydrogens is 307 g/mol. The summed E-state index contributed by atoms with van der Waals surface area (Å²) in [6.07, 6.45) is 0. The smallest absolute Gasteiger partial charge is 0.138 e. The third-order valence-corrected chi connectivity index (χ3v) is 3.81. The lowest BCUT2D eigenvalue weighted by Crippen LogP contribution is -2.48. The molecule has 1 fully saturated rings. The van der Waals surface area contributed by atoms with Crippen LogP contribution in [0.2, 0.25) is 10.0 Å². The molecule has 1 saturated heterocycles. The molecule has 3 nitrogen and oxygen atoms in total. The Bertz CT molecular complexity index is 429. The van der Waals surface area contributed by atoms with Crippen LogP contribution < -0.4 is 10.1 Å². The molecule has 0 saturated carbocycles. The first kappa shape index (κ1) is 16.9. The van der Waals surface area contributed by atoms with Gasteiger partial charge in [0.25, 0.3) is 0 Å². The predicted octanol–water partition coefficient (Wildman–Crippen LogP) is 3.22. The Hall–Kier alpha value is -0.190. The summed E-state index contributed by atoms with van der Waals surface area (Å²) in [6.45, 7) is 6.09. The van der Waals surface area contributed by atoms with Crippen molar-refractivity contribution >= 4 is 35.6 Å². The predicted molar refractivity (Wildman–Crippen MR) is 83.0 cm³/mol. The molecule has 108 valence electrons. The van der Waals surface area contributed by atoms with E-state index < -0.39 is 0 Å². The number of rotatable bonds is 3. The van der Waals surface area contributed by atoms with Gasteiger partial charge < -0.3 is 10.1 Å². The van der Waals surface area contributed by atoms with Crippen LogP contribution in [0.25, 0.3) is 0 Å². The monoisotopic (exact) mass is 324 g/mol. The lowest BCUT2D eigenvalue weighted by atomic mass is 10.1. The number of hydrogen-bond donors (Lipinski definition) is 1. The molecule has 1 aromatic carbocycles. The van der Waals surface area contributed by atoms with Crippen molar-refractivity contribution in [2.24, 2.45) is 0 Å². The Balaban J connectivity index is 0.00000180. The largest absolute Gasteiger partial charge is 0.495 e. The molecule has 1 atom stereocenters.